The Morgan fingerprint density at radius 3 is 3.05 bits per heavy atom. The van der Waals surface area contributed by atoms with Crippen LogP contribution in [0.25, 0.3) is 5.52 Å². The third-order valence-corrected chi connectivity index (χ3v) is 4.07. The van der Waals surface area contributed by atoms with Crippen LogP contribution in [0.5, 0.6) is 0 Å². The van der Waals surface area contributed by atoms with Crippen LogP contribution in [0.4, 0.5) is 5.82 Å². The number of hydrogen-bond acceptors (Lipinski definition) is 4. The number of nitrogens with zero attached hydrogens (tertiary/aromatic N) is 4. The van der Waals surface area contributed by atoms with Gasteiger partial charge in [0.1, 0.15) is 5.52 Å². The number of hydrogen-bond donors (Lipinski definition) is 1. The van der Waals surface area contributed by atoms with E-state index in [1.807, 2.05) is 16.9 Å². The van der Waals surface area contributed by atoms with E-state index in [9.17, 15) is 0 Å². The molecular formula is C15H23N5. The lowest BCUT2D eigenvalue weighted by Gasteiger charge is -2.36. The van der Waals surface area contributed by atoms with Crippen LogP contribution in [-0.2, 0) is 0 Å². The molecule has 1 unspecified atom stereocenters. The van der Waals surface area contributed by atoms with E-state index >= 15 is 0 Å². The average molecular weight is 273 g/mol. The van der Waals surface area contributed by atoms with Gasteiger partial charge in [0.2, 0.25) is 0 Å². The molecule has 0 amide bonds. The number of fused-ring (bicyclic) bond motifs is 1. The first-order chi connectivity index (χ1) is 9.70. The van der Waals surface area contributed by atoms with E-state index in [0.717, 1.165) is 43.1 Å². The summed E-state index contributed by atoms with van der Waals surface area (Å²) in [5, 5.41) is 8.12. The molecule has 0 radical (unpaired) electrons. The first-order valence-corrected chi connectivity index (χ1v) is 7.52. The van der Waals surface area contributed by atoms with Crippen LogP contribution in [0.1, 0.15) is 38.8 Å². The molecule has 1 fully saturated rings. The maximum absolute atomic E-state index is 4.65. The third kappa shape index (κ3) is 2.26. The quantitative estimate of drug-likeness (QED) is 0.929. The molecule has 5 nitrogen and oxygen atoms in total. The minimum atomic E-state index is 0.438. The molecule has 2 aromatic rings. The molecule has 1 aliphatic heterocycles. The van der Waals surface area contributed by atoms with Gasteiger partial charge in [-0.3, -0.25) is 0 Å². The van der Waals surface area contributed by atoms with Crippen LogP contribution in [-0.4, -0.2) is 40.3 Å². The van der Waals surface area contributed by atoms with Gasteiger partial charge in [-0.2, -0.15) is 5.10 Å². The first kappa shape index (κ1) is 13.4. The minimum absolute atomic E-state index is 0.438. The van der Waals surface area contributed by atoms with E-state index < -0.39 is 0 Å². The van der Waals surface area contributed by atoms with Gasteiger partial charge in [-0.05, 0) is 18.4 Å². The fraction of sp³-hybridized carbons (Fsp3) is 0.600. The topological polar surface area (TPSA) is 45.5 Å². The molecule has 1 aliphatic rings. The molecule has 1 N–H and O–H groups in total. The summed E-state index contributed by atoms with van der Waals surface area (Å²) < 4.78 is 1.96. The number of piperazine rings is 1. The van der Waals surface area contributed by atoms with Crippen molar-refractivity contribution < 1.29 is 0 Å². The van der Waals surface area contributed by atoms with Gasteiger partial charge in [0.05, 0.1) is 5.69 Å². The summed E-state index contributed by atoms with van der Waals surface area (Å²) in [5.41, 5.74) is 2.25. The van der Waals surface area contributed by atoms with Crippen LogP contribution >= 0.6 is 0 Å². The predicted molar refractivity (Wildman–Crippen MR) is 81.4 cm³/mol. The molecular weight excluding hydrogens is 250 g/mol. The second kappa shape index (κ2) is 5.40. The van der Waals surface area contributed by atoms with E-state index in [0.29, 0.717) is 12.0 Å². The van der Waals surface area contributed by atoms with E-state index in [1.165, 1.54) is 0 Å². The predicted octanol–water partition coefficient (Wildman–Crippen LogP) is 2.04. The highest BCUT2D eigenvalue weighted by Gasteiger charge is 2.24. The summed E-state index contributed by atoms with van der Waals surface area (Å²) in [7, 11) is 0. The van der Waals surface area contributed by atoms with Gasteiger partial charge in [0, 0.05) is 38.1 Å². The maximum Gasteiger partial charge on any atom is 0.155 e. The van der Waals surface area contributed by atoms with Gasteiger partial charge >= 0.3 is 0 Å². The molecule has 0 saturated carbocycles. The molecule has 0 aliphatic carbocycles. The Bertz CT molecular complexity index is 589. The van der Waals surface area contributed by atoms with Crippen molar-refractivity contribution >= 4 is 11.3 Å². The first-order valence-electron chi connectivity index (χ1n) is 7.52. The molecule has 0 aromatic carbocycles. The standard InChI is InChI=1S/C15H23N5/c1-4-12-10-16-5-7-19(12)15-14-9-13(11(2)3)18-20(14)8-6-17-15/h6,8-9,11-12,16H,4-5,7,10H2,1-3H3. The van der Waals surface area contributed by atoms with Crippen molar-refractivity contribution in [1.82, 2.24) is 19.9 Å². The fourth-order valence-corrected chi connectivity index (χ4v) is 2.84. The highest BCUT2D eigenvalue weighted by Crippen LogP contribution is 2.25. The van der Waals surface area contributed by atoms with Crippen LogP contribution in [0.2, 0.25) is 0 Å². The van der Waals surface area contributed by atoms with Crippen LogP contribution in [0.15, 0.2) is 18.5 Å². The normalized spacial score (nSPS) is 20.0. The summed E-state index contributed by atoms with van der Waals surface area (Å²) in [6, 6.07) is 2.70. The molecule has 2 aromatic heterocycles. The summed E-state index contributed by atoms with van der Waals surface area (Å²) in [4.78, 5) is 7.07. The molecule has 20 heavy (non-hydrogen) atoms. The Morgan fingerprint density at radius 1 is 1.45 bits per heavy atom. The van der Waals surface area contributed by atoms with Gasteiger partial charge in [0.25, 0.3) is 0 Å². The second-order valence-electron chi connectivity index (χ2n) is 5.76. The van der Waals surface area contributed by atoms with E-state index in [2.05, 4.69) is 47.1 Å². The Balaban J connectivity index is 2.05. The van der Waals surface area contributed by atoms with Crippen molar-refractivity contribution in [3.63, 3.8) is 0 Å². The lowest BCUT2D eigenvalue weighted by Crippen LogP contribution is -2.51. The summed E-state index contributed by atoms with van der Waals surface area (Å²) in [5.74, 6) is 1.51. The fourth-order valence-electron chi connectivity index (χ4n) is 2.84. The van der Waals surface area contributed by atoms with E-state index in [4.69, 9.17) is 0 Å². The zero-order valence-corrected chi connectivity index (χ0v) is 12.5. The average Bonchev–Trinajstić information content (AvgIpc) is 2.91. The highest BCUT2D eigenvalue weighted by atomic mass is 15.3. The zero-order valence-electron chi connectivity index (χ0n) is 12.5. The molecule has 1 saturated heterocycles. The monoisotopic (exact) mass is 273 g/mol. The van der Waals surface area contributed by atoms with Crippen molar-refractivity contribution in [3.05, 3.63) is 24.2 Å². The summed E-state index contributed by atoms with van der Waals surface area (Å²) >= 11 is 0. The lowest BCUT2D eigenvalue weighted by atomic mass is 10.1. The van der Waals surface area contributed by atoms with Crippen molar-refractivity contribution in [2.24, 2.45) is 0 Å². The Morgan fingerprint density at radius 2 is 2.30 bits per heavy atom. The zero-order chi connectivity index (χ0) is 14.1. The van der Waals surface area contributed by atoms with Gasteiger partial charge < -0.3 is 10.2 Å². The Hall–Kier alpha value is -1.62. The SMILES string of the molecule is CCC1CNCCN1c1nccn2nc(C(C)C)cc12. The number of rotatable bonds is 3. The summed E-state index contributed by atoms with van der Waals surface area (Å²) in [6.45, 7) is 9.64. The Kier molecular flexibility index (Phi) is 3.61. The van der Waals surface area contributed by atoms with Crippen LogP contribution in [0, 0.1) is 0 Å². The van der Waals surface area contributed by atoms with Crippen molar-refractivity contribution in [2.75, 3.05) is 24.5 Å². The minimum Gasteiger partial charge on any atom is -0.349 e. The molecule has 0 bridgehead atoms. The largest absolute Gasteiger partial charge is 0.349 e. The maximum atomic E-state index is 4.65. The lowest BCUT2D eigenvalue weighted by molar-refractivity contribution is 0.463. The van der Waals surface area contributed by atoms with Crippen molar-refractivity contribution in [1.29, 1.82) is 0 Å². The van der Waals surface area contributed by atoms with Crippen molar-refractivity contribution in [3.8, 4) is 0 Å². The molecule has 0 spiro atoms. The smallest absolute Gasteiger partial charge is 0.155 e. The van der Waals surface area contributed by atoms with Gasteiger partial charge in [-0.1, -0.05) is 20.8 Å². The number of anilines is 1. The van der Waals surface area contributed by atoms with Gasteiger partial charge in [-0.25, -0.2) is 9.50 Å². The number of nitrogens with one attached hydrogen (secondary N) is 1. The molecule has 1 atom stereocenters. The van der Waals surface area contributed by atoms with Crippen molar-refractivity contribution in [2.45, 2.75) is 39.2 Å². The highest BCUT2D eigenvalue weighted by molar-refractivity contribution is 5.69. The summed E-state index contributed by atoms with van der Waals surface area (Å²) in [6.07, 6.45) is 4.92. The van der Waals surface area contributed by atoms with Gasteiger partial charge in [-0.15, -0.1) is 0 Å². The molecule has 108 valence electrons. The van der Waals surface area contributed by atoms with E-state index in [-0.39, 0.29) is 0 Å². The van der Waals surface area contributed by atoms with Crippen LogP contribution < -0.4 is 10.2 Å². The number of aromatic nitrogens is 3. The molecule has 3 heterocycles. The second-order valence-corrected chi connectivity index (χ2v) is 5.76. The Labute approximate surface area is 120 Å². The molecule has 5 heteroatoms. The van der Waals surface area contributed by atoms with Gasteiger partial charge in [0.15, 0.2) is 5.82 Å². The van der Waals surface area contributed by atoms with Crippen LogP contribution in [0.3, 0.4) is 0 Å². The third-order valence-electron chi connectivity index (χ3n) is 4.07. The van der Waals surface area contributed by atoms with E-state index in [1.54, 1.807) is 0 Å². The molecule has 3 rings (SSSR count).